The molecule has 1 aliphatic carbocycles. The average molecular weight is 272 g/mol. The molecule has 2 rings (SSSR count). The van der Waals surface area contributed by atoms with Crippen LogP contribution < -0.4 is 11.3 Å². The number of likely N-dealkylation sites (N-methyl/N-ethyl adjacent to an activating group) is 1. The minimum atomic E-state index is 0.121. The van der Waals surface area contributed by atoms with Crippen LogP contribution in [0.25, 0.3) is 0 Å². The maximum atomic E-state index is 6.27. The van der Waals surface area contributed by atoms with Gasteiger partial charge in [0.1, 0.15) is 0 Å². The van der Waals surface area contributed by atoms with E-state index in [9.17, 15) is 0 Å². The second-order valence-electron chi connectivity index (χ2n) is 5.24. The van der Waals surface area contributed by atoms with Gasteiger partial charge in [0, 0.05) is 6.54 Å². The van der Waals surface area contributed by atoms with Crippen molar-refractivity contribution in [2.24, 2.45) is 11.8 Å². The van der Waals surface area contributed by atoms with Crippen molar-refractivity contribution in [2.45, 2.75) is 31.8 Å². The highest BCUT2D eigenvalue weighted by atomic mass is 35.5. The molecule has 1 aliphatic rings. The number of nitrogens with zero attached hydrogens (tertiary/aromatic N) is 3. The lowest BCUT2D eigenvalue weighted by Crippen LogP contribution is -2.38. The minimum Gasteiger partial charge on any atom is -0.308 e. The van der Waals surface area contributed by atoms with Crippen LogP contribution in [-0.2, 0) is 6.54 Å². The molecule has 3 N–H and O–H groups in total. The van der Waals surface area contributed by atoms with E-state index in [1.165, 1.54) is 19.3 Å². The van der Waals surface area contributed by atoms with Crippen molar-refractivity contribution >= 4 is 11.6 Å². The number of hydrogen-bond acceptors (Lipinski definition) is 4. The van der Waals surface area contributed by atoms with E-state index in [1.807, 2.05) is 4.68 Å². The standard InChI is InChI=1S/C12H22ClN5/c1-17(2)6-7-18-12(10(13)8-15-18)11(16-14)9-4-3-5-9/h8-9,11,16H,3-7,14H2,1-2H3. The molecule has 0 aliphatic heterocycles. The van der Waals surface area contributed by atoms with Crippen LogP contribution in [0.1, 0.15) is 31.0 Å². The van der Waals surface area contributed by atoms with Gasteiger partial charge in [0.05, 0.1) is 29.5 Å². The number of nitrogens with one attached hydrogen (secondary N) is 1. The van der Waals surface area contributed by atoms with Gasteiger partial charge in [0.15, 0.2) is 0 Å². The molecular weight excluding hydrogens is 250 g/mol. The Morgan fingerprint density at radius 1 is 1.61 bits per heavy atom. The van der Waals surface area contributed by atoms with Crippen LogP contribution in [0.5, 0.6) is 0 Å². The van der Waals surface area contributed by atoms with Crippen LogP contribution in [0.3, 0.4) is 0 Å². The van der Waals surface area contributed by atoms with Crippen molar-refractivity contribution in [3.8, 4) is 0 Å². The maximum absolute atomic E-state index is 6.27. The first-order chi connectivity index (χ1) is 8.63. The zero-order valence-electron chi connectivity index (χ0n) is 11.1. The Morgan fingerprint density at radius 3 is 2.83 bits per heavy atom. The predicted octanol–water partition coefficient (Wildman–Crippen LogP) is 1.40. The maximum Gasteiger partial charge on any atom is 0.0834 e. The molecular formula is C12H22ClN5. The molecule has 0 saturated heterocycles. The fourth-order valence-electron chi connectivity index (χ4n) is 2.37. The van der Waals surface area contributed by atoms with Crippen LogP contribution in [0.2, 0.25) is 5.02 Å². The first-order valence-corrected chi connectivity index (χ1v) is 6.83. The van der Waals surface area contributed by atoms with Crippen LogP contribution in [0.15, 0.2) is 6.20 Å². The highest BCUT2D eigenvalue weighted by molar-refractivity contribution is 6.31. The van der Waals surface area contributed by atoms with Crippen molar-refractivity contribution in [3.05, 3.63) is 16.9 Å². The third-order valence-corrected chi connectivity index (χ3v) is 3.98. The first-order valence-electron chi connectivity index (χ1n) is 6.45. The number of aromatic nitrogens is 2. The van der Waals surface area contributed by atoms with Crippen LogP contribution in [0.4, 0.5) is 0 Å². The van der Waals surface area contributed by atoms with Gasteiger partial charge in [-0.25, -0.2) is 0 Å². The molecule has 0 amide bonds. The molecule has 1 fully saturated rings. The highest BCUT2D eigenvalue weighted by Crippen LogP contribution is 2.39. The Labute approximate surface area is 113 Å². The second-order valence-corrected chi connectivity index (χ2v) is 5.65. The Balaban J connectivity index is 2.15. The van der Waals surface area contributed by atoms with Crippen molar-refractivity contribution in [2.75, 3.05) is 20.6 Å². The molecule has 0 aromatic carbocycles. The smallest absolute Gasteiger partial charge is 0.0834 e. The molecule has 6 heteroatoms. The van der Waals surface area contributed by atoms with Crippen molar-refractivity contribution < 1.29 is 0 Å². The minimum absolute atomic E-state index is 0.121. The zero-order valence-corrected chi connectivity index (χ0v) is 11.8. The molecule has 18 heavy (non-hydrogen) atoms. The number of hydrogen-bond donors (Lipinski definition) is 2. The number of halogens is 1. The summed E-state index contributed by atoms with van der Waals surface area (Å²) < 4.78 is 1.98. The van der Waals surface area contributed by atoms with Gasteiger partial charge in [-0.3, -0.25) is 16.0 Å². The Morgan fingerprint density at radius 2 is 2.33 bits per heavy atom. The lowest BCUT2D eigenvalue weighted by molar-refractivity contribution is 0.221. The van der Waals surface area contributed by atoms with E-state index in [1.54, 1.807) is 6.20 Å². The van der Waals surface area contributed by atoms with Gasteiger partial charge in [0.2, 0.25) is 0 Å². The SMILES string of the molecule is CN(C)CCn1ncc(Cl)c1C(NN)C1CCC1. The van der Waals surface area contributed by atoms with Crippen LogP contribution in [0, 0.1) is 5.92 Å². The fourth-order valence-corrected chi connectivity index (χ4v) is 2.62. The summed E-state index contributed by atoms with van der Waals surface area (Å²) in [7, 11) is 4.10. The summed E-state index contributed by atoms with van der Waals surface area (Å²) in [6.45, 7) is 1.77. The molecule has 1 saturated carbocycles. The summed E-state index contributed by atoms with van der Waals surface area (Å²) in [4.78, 5) is 2.13. The van der Waals surface area contributed by atoms with Gasteiger partial charge in [-0.15, -0.1) is 0 Å². The highest BCUT2D eigenvalue weighted by Gasteiger charge is 2.31. The summed E-state index contributed by atoms with van der Waals surface area (Å²) in [6.07, 6.45) is 5.43. The summed E-state index contributed by atoms with van der Waals surface area (Å²) in [5, 5.41) is 5.07. The molecule has 1 heterocycles. The van der Waals surface area contributed by atoms with Gasteiger partial charge in [-0.2, -0.15) is 5.10 Å². The molecule has 0 spiro atoms. The number of nitrogens with two attached hydrogens (primary N) is 1. The van der Waals surface area contributed by atoms with Crippen LogP contribution >= 0.6 is 11.6 Å². The van der Waals surface area contributed by atoms with Gasteiger partial charge >= 0.3 is 0 Å². The summed E-state index contributed by atoms with van der Waals surface area (Å²) in [6, 6.07) is 0.121. The molecule has 0 radical (unpaired) electrons. The van der Waals surface area contributed by atoms with E-state index in [-0.39, 0.29) is 6.04 Å². The lowest BCUT2D eigenvalue weighted by atomic mass is 9.79. The molecule has 0 bridgehead atoms. The van der Waals surface area contributed by atoms with E-state index in [0.29, 0.717) is 10.9 Å². The molecule has 5 nitrogen and oxygen atoms in total. The Hall–Kier alpha value is -0.620. The topological polar surface area (TPSA) is 59.1 Å². The van der Waals surface area contributed by atoms with E-state index in [2.05, 4.69) is 29.5 Å². The second kappa shape index (κ2) is 6.02. The quantitative estimate of drug-likeness (QED) is 0.607. The average Bonchev–Trinajstić information content (AvgIpc) is 2.62. The van der Waals surface area contributed by atoms with E-state index < -0.39 is 0 Å². The number of rotatable bonds is 6. The molecule has 102 valence electrons. The van der Waals surface area contributed by atoms with E-state index >= 15 is 0 Å². The monoisotopic (exact) mass is 271 g/mol. The third kappa shape index (κ3) is 2.85. The molecule has 1 unspecified atom stereocenters. The van der Waals surface area contributed by atoms with E-state index in [0.717, 1.165) is 18.8 Å². The molecule has 1 aromatic rings. The number of hydrazine groups is 1. The van der Waals surface area contributed by atoms with Gasteiger partial charge in [-0.1, -0.05) is 18.0 Å². The first kappa shape index (κ1) is 13.8. The van der Waals surface area contributed by atoms with Crippen molar-refractivity contribution in [3.63, 3.8) is 0 Å². The summed E-state index contributed by atoms with van der Waals surface area (Å²) in [5.74, 6) is 6.29. The summed E-state index contributed by atoms with van der Waals surface area (Å²) in [5.41, 5.74) is 3.95. The van der Waals surface area contributed by atoms with Crippen molar-refractivity contribution in [1.29, 1.82) is 0 Å². The normalized spacial score (nSPS) is 18.1. The zero-order chi connectivity index (χ0) is 13.1. The Bertz CT molecular complexity index is 386. The van der Waals surface area contributed by atoms with Gasteiger partial charge in [-0.05, 0) is 32.9 Å². The molecule has 1 atom stereocenters. The summed E-state index contributed by atoms with van der Waals surface area (Å²) >= 11 is 6.27. The lowest BCUT2D eigenvalue weighted by Gasteiger charge is -2.33. The Kier molecular flexibility index (Phi) is 4.61. The van der Waals surface area contributed by atoms with Gasteiger partial charge < -0.3 is 4.90 Å². The van der Waals surface area contributed by atoms with Gasteiger partial charge in [0.25, 0.3) is 0 Å². The predicted molar refractivity (Wildman–Crippen MR) is 73.2 cm³/mol. The van der Waals surface area contributed by atoms with Crippen LogP contribution in [-0.4, -0.2) is 35.3 Å². The third-order valence-electron chi connectivity index (χ3n) is 3.69. The fraction of sp³-hybridized carbons (Fsp3) is 0.750. The molecule has 1 aromatic heterocycles. The van der Waals surface area contributed by atoms with Crippen molar-refractivity contribution in [1.82, 2.24) is 20.1 Å². The van der Waals surface area contributed by atoms with E-state index in [4.69, 9.17) is 17.4 Å². The largest absolute Gasteiger partial charge is 0.308 e.